The fraction of sp³-hybridized carbons (Fsp3) is 0.273. The van der Waals surface area contributed by atoms with E-state index in [2.05, 4.69) is 4.99 Å². The zero-order valence-corrected chi connectivity index (χ0v) is 8.69. The smallest absolute Gasteiger partial charge is 0.278 e. The minimum Gasteiger partial charge on any atom is -0.369 e. The third-order valence-corrected chi connectivity index (χ3v) is 1.70. The lowest BCUT2D eigenvalue weighted by Gasteiger charge is -2.01. The van der Waals surface area contributed by atoms with Crippen molar-refractivity contribution in [2.45, 2.75) is 6.92 Å². The molecule has 0 heterocycles. The first kappa shape index (κ1) is 10.4. The molecule has 0 saturated carbocycles. The van der Waals surface area contributed by atoms with Crippen LogP contribution in [0.5, 0.6) is 0 Å². The van der Waals surface area contributed by atoms with E-state index in [9.17, 15) is 4.79 Å². The van der Waals surface area contributed by atoms with Gasteiger partial charge in [0.2, 0.25) is 0 Å². The molecule has 0 radical (unpaired) electrons. The van der Waals surface area contributed by atoms with Crippen molar-refractivity contribution >= 4 is 12.2 Å². The number of rotatable bonds is 2. The van der Waals surface area contributed by atoms with Gasteiger partial charge >= 0.3 is 0 Å². The molecule has 0 aliphatic rings. The summed E-state index contributed by atoms with van der Waals surface area (Å²) >= 11 is 0. The van der Waals surface area contributed by atoms with Gasteiger partial charge in [0.05, 0.1) is 6.34 Å². The third-order valence-electron chi connectivity index (χ3n) is 1.70. The van der Waals surface area contributed by atoms with Crippen molar-refractivity contribution < 1.29 is 4.79 Å². The van der Waals surface area contributed by atoms with Gasteiger partial charge in [0, 0.05) is 19.7 Å². The van der Waals surface area contributed by atoms with Crippen molar-refractivity contribution in [3.63, 3.8) is 0 Å². The summed E-state index contributed by atoms with van der Waals surface area (Å²) in [6.45, 7) is 1.98. The van der Waals surface area contributed by atoms with Crippen LogP contribution in [0, 0.1) is 6.92 Å². The number of hydrogen-bond acceptors (Lipinski definition) is 1. The Morgan fingerprint density at radius 2 is 1.86 bits per heavy atom. The first-order chi connectivity index (χ1) is 6.59. The predicted molar refractivity (Wildman–Crippen MR) is 57.7 cm³/mol. The van der Waals surface area contributed by atoms with Gasteiger partial charge in [-0.25, -0.2) is 0 Å². The van der Waals surface area contributed by atoms with Crippen molar-refractivity contribution in [1.29, 1.82) is 0 Å². The summed E-state index contributed by atoms with van der Waals surface area (Å²) in [5.74, 6) is -0.210. The second-order valence-electron chi connectivity index (χ2n) is 3.38. The van der Waals surface area contributed by atoms with Gasteiger partial charge in [0.25, 0.3) is 5.91 Å². The molecule has 0 aromatic heterocycles. The maximum atomic E-state index is 11.4. The number of hydrogen-bond donors (Lipinski definition) is 0. The van der Waals surface area contributed by atoms with Crippen LogP contribution < -0.4 is 0 Å². The number of amides is 1. The maximum Gasteiger partial charge on any atom is 0.278 e. The van der Waals surface area contributed by atoms with E-state index in [-0.39, 0.29) is 5.91 Å². The second-order valence-corrected chi connectivity index (χ2v) is 3.38. The van der Waals surface area contributed by atoms with Crippen LogP contribution >= 0.6 is 0 Å². The monoisotopic (exact) mass is 190 g/mol. The number of benzene rings is 1. The van der Waals surface area contributed by atoms with Crippen LogP contribution in [0.2, 0.25) is 0 Å². The standard InChI is InChI=1S/C11H14N2O/c1-9-4-6-10(7-5-9)11(14)12-8-13(2)3/h4-8H,1-3H3. The highest BCUT2D eigenvalue weighted by atomic mass is 16.1. The summed E-state index contributed by atoms with van der Waals surface area (Å²) < 4.78 is 0. The first-order valence-corrected chi connectivity index (χ1v) is 4.41. The zero-order valence-electron chi connectivity index (χ0n) is 8.69. The lowest BCUT2D eigenvalue weighted by Crippen LogP contribution is -2.09. The Morgan fingerprint density at radius 1 is 1.29 bits per heavy atom. The molecule has 1 aromatic carbocycles. The van der Waals surface area contributed by atoms with Gasteiger partial charge in [-0.15, -0.1) is 0 Å². The highest BCUT2D eigenvalue weighted by molar-refractivity contribution is 5.98. The number of aryl methyl sites for hydroxylation is 1. The Morgan fingerprint density at radius 3 is 2.36 bits per heavy atom. The molecular weight excluding hydrogens is 176 g/mol. The summed E-state index contributed by atoms with van der Waals surface area (Å²) in [6, 6.07) is 7.37. The summed E-state index contributed by atoms with van der Waals surface area (Å²) in [6.07, 6.45) is 1.50. The highest BCUT2D eigenvalue weighted by Crippen LogP contribution is 2.04. The molecule has 0 aliphatic carbocycles. The lowest BCUT2D eigenvalue weighted by molar-refractivity contribution is 0.100. The van der Waals surface area contributed by atoms with E-state index in [0.717, 1.165) is 5.56 Å². The lowest BCUT2D eigenvalue weighted by atomic mass is 10.1. The maximum absolute atomic E-state index is 11.4. The van der Waals surface area contributed by atoms with Crippen molar-refractivity contribution in [1.82, 2.24) is 4.90 Å². The summed E-state index contributed by atoms with van der Waals surface area (Å²) in [5, 5.41) is 0. The second kappa shape index (κ2) is 4.56. The van der Waals surface area contributed by atoms with E-state index < -0.39 is 0 Å². The van der Waals surface area contributed by atoms with Gasteiger partial charge in [0.15, 0.2) is 0 Å². The summed E-state index contributed by atoms with van der Waals surface area (Å²) in [7, 11) is 3.65. The van der Waals surface area contributed by atoms with Crippen LogP contribution in [0.25, 0.3) is 0 Å². The van der Waals surface area contributed by atoms with Gasteiger partial charge < -0.3 is 4.90 Å². The molecule has 0 N–H and O–H groups in total. The molecule has 0 unspecified atom stereocenters. The van der Waals surface area contributed by atoms with Crippen molar-refractivity contribution in [3.8, 4) is 0 Å². The molecule has 0 bridgehead atoms. The number of carbonyl (C=O) groups excluding carboxylic acids is 1. The van der Waals surface area contributed by atoms with Crippen molar-refractivity contribution in [2.24, 2.45) is 4.99 Å². The molecular formula is C11H14N2O. The average molecular weight is 190 g/mol. The van der Waals surface area contributed by atoms with E-state index in [1.807, 2.05) is 33.2 Å². The average Bonchev–Trinajstić information content (AvgIpc) is 2.15. The van der Waals surface area contributed by atoms with Crippen molar-refractivity contribution in [3.05, 3.63) is 35.4 Å². The van der Waals surface area contributed by atoms with Crippen LogP contribution in [0.4, 0.5) is 0 Å². The van der Waals surface area contributed by atoms with E-state index >= 15 is 0 Å². The molecule has 0 spiro atoms. The summed E-state index contributed by atoms with van der Waals surface area (Å²) in [5.41, 5.74) is 1.76. The molecule has 0 saturated heterocycles. The van der Waals surface area contributed by atoms with Crippen LogP contribution in [-0.4, -0.2) is 31.2 Å². The first-order valence-electron chi connectivity index (χ1n) is 4.41. The molecule has 3 nitrogen and oxygen atoms in total. The Kier molecular flexibility index (Phi) is 3.40. The fourth-order valence-corrected chi connectivity index (χ4v) is 0.939. The van der Waals surface area contributed by atoms with Crippen LogP contribution in [-0.2, 0) is 0 Å². The van der Waals surface area contributed by atoms with Gasteiger partial charge in [-0.05, 0) is 19.1 Å². The largest absolute Gasteiger partial charge is 0.369 e. The SMILES string of the molecule is Cc1ccc(C(=O)N=CN(C)C)cc1. The molecule has 74 valence electrons. The third kappa shape index (κ3) is 3.01. The van der Waals surface area contributed by atoms with E-state index in [0.29, 0.717) is 5.56 Å². The number of carbonyl (C=O) groups is 1. The van der Waals surface area contributed by atoms with E-state index in [1.165, 1.54) is 6.34 Å². The van der Waals surface area contributed by atoms with Gasteiger partial charge in [-0.3, -0.25) is 4.79 Å². The molecule has 3 heteroatoms. The Balaban J connectivity index is 2.75. The van der Waals surface area contributed by atoms with Crippen molar-refractivity contribution in [2.75, 3.05) is 14.1 Å². The topological polar surface area (TPSA) is 32.7 Å². The molecule has 1 aromatic rings. The minimum absolute atomic E-state index is 0.210. The Bertz CT molecular complexity index is 339. The van der Waals surface area contributed by atoms with Gasteiger partial charge in [-0.2, -0.15) is 4.99 Å². The number of aliphatic imine (C=N–C) groups is 1. The molecule has 14 heavy (non-hydrogen) atoms. The normalized spacial score (nSPS) is 10.5. The molecule has 1 rings (SSSR count). The fourth-order valence-electron chi connectivity index (χ4n) is 0.939. The van der Waals surface area contributed by atoms with E-state index in [4.69, 9.17) is 0 Å². The minimum atomic E-state index is -0.210. The quantitative estimate of drug-likeness (QED) is 0.525. The van der Waals surface area contributed by atoms with Crippen LogP contribution in [0.1, 0.15) is 15.9 Å². The highest BCUT2D eigenvalue weighted by Gasteiger charge is 2.01. The van der Waals surface area contributed by atoms with Crippen LogP contribution in [0.3, 0.4) is 0 Å². The van der Waals surface area contributed by atoms with Gasteiger partial charge in [0.1, 0.15) is 0 Å². The molecule has 0 aliphatic heterocycles. The molecule has 0 fully saturated rings. The Labute approximate surface area is 84.1 Å². The summed E-state index contributed by atoms with van der Waals surface area (Å²) in [4.78, 5) is 16.9. The van der Waals surface area contributed by atoms with Gasteiger partial charge in [-0.1, -0.05) is 17.7 Å². The number of nitrogens with zero attached hydrogens (tertiary/aromatic N) is 2. The predicted octanol–water partition coefficient (Wildman–Crippen LogP) is 1.73. The van der Waals surface area contributed by atoms with E-state index in [1.54, 1.807) is 17.0 Å². The Hall–Kier alpha value is -1.64. The zero-order chi connectivity index (χ0) is 10.6. The molecule has 1 amide bonds. The van der Waals surface area contributed by atoms with Crippen LogP contribution in [0.15, 0.2) is 29.3 Å². The molecule has 0 atom stereocenters.